The lowest BCUT2D eigenvalue weighted by Crippen LogP contribution is -2.50. The van der Waals surface area contributed by atoms with E-state index in [0.29, 0.717) is 38.5 Å². The molecule has 2 amide bonds. The van der Waals surface area contributed by atoms with E-state index in [1.54, 1.807) is 42.2 Å². The van der Waals surface area contributed by atoms with Crippen LogP contribution in [0, 0.1) is 0 Å². The highest BCUT2D eigenvalue weighted by Crippen LogP contribution is 2.27. The quantitative estimate of drug-likeness (QED) is 0.600. The molecule has 0 saturated carbocycles. The number of phenolic OH excluding ortho intramolecular Hbond substituents is 1. The average molecular weight is 395 g/mol. The summed E-state index contributed by atoms with van der Waals surface area (Å²) in [5, 5.41) is 12.9. The Morgan fingerprint density at radius 1 is 1.07 bits per heavy atom. The van der Waals surface area contributed by atoms with Gasteiger partial charge in [0, 0.05) is 37.9 Å². The summed E-state index contributed by atoms with van der Waals surface area (Å²) < 4.78 is 4.84. The number of carbonyl (C=O) groups is 2. The third kappa shape index (κ3) is 5.51. The van der Waals surface area contributed by atoms with E-state index in [9.17, 15) is 14.7 Å². The van der Waals surface area contributed by atoms with Crippen LogP contribution in [0.4, 0.5) is 16.2 Å². The van der Waals surface area contributed by atoms with Crippen molar-refractivity contribution < 1.29 is 19.4 Å². The molecule has 1 aliphatic heterocycles. The van der Waals surface area contributed by atoms with Crippen molar-refractivity contribution in [3.63, 3.8) is 0 Å². The van der Waals surface area contributed by atoms with E-state index in [1.165, 1.54) is 6.08 Å². The molecule has 2 aromatic carbocycles. The van der Waals surface area contributed by atoms with Gasteiger partial charge in [0.15, 0.2) is 0 Å². The number of esters is 1. The summed E-state index contributed by atoms with van der Waals surface area (Å²) >= 11 is 0. The van der Waals surface area contributed by atoms with Gasteiger partial charge in [-0.25, -0.2) is 9.59 Å². The number of carbonyl (C=O) groups excluding carboxylic acids is 2. The number of nitrogens with zero attached hydrogens (tertiary/aromatic N) is 2. The van der Waals surface area contributed by atoms with Crippen LogP contribution in [0.2, 0.25) is 0 Å². The van der Waals surface area contributed by atoms with Gasteiger partial charge in [-0.15, -0.1) is 0 Å². The molecule has 0 bridgehead atoms. The van der Waals surface area contributed by atoms with Crippen LogP contribution in [0.5, 0.6) is 5.75 Å². The Morgan fingerprint density at radius 3 is 2.41 bits per heavy atom. The Balaban J connectivity index is 1.51. The van der Waals surface area contributed by atoms with Crippen LogP contribution in [0.1, 0.15) is 12.5 Å². The summed E-state index contributed by atoms with van der Waals surface area (Å²) in [6, 6.07) is 14.3. The first-order valence-electron chi connectivity index (χ1n) is 9.60. The number of amides is 2. The van der Waals surface area contributed by atoms with Gasteiger partial charge in [-0.3, -0.25) is 0 Å². The third-order valence-corrected chi connectivity index (χ3v) is 4.65. The Morgan fingerprint density at radius 2 is 1.76 bits per heavy atom. The molecule has 0 aliphatic carbocycles. The van der Waals surface area contributed by atoms with Gasteiger partial charge in [-0.1, -0.05) is 24.3 Å². The van der Waals surface area contributed by atoms with Gasteiger partial charge in [0.1, 0.15) is 5.75 Å². The van der Waals surface area contributed by atoms with Crippen LogP contribution in [0.25, 0.3) is 6.08 Å². The van der Waals surface area contributed by atoms with Crippen LogP contribution < -0.4 is 10.2 Å². The van der Waals surface area contributed by atoms with Gasteiger partial charge in [-0.05, 0) is 42.8 Å². The molecule has 29 heavy (non-hydrogen) atoms. The molecular formula is C22H25N3O4. The first-order chi connectivity index (χ1) is 14.1. The van der Waals surface area contributed by atoms with Crippen LogP contribution in [-0.4, -0.2) is 54.8 Å². The lowest BCUT2D eigenvalue weighted by Gasteiger charge is -2.36. The number of aromatic hydroxyl groups is 1. The predicted octanol–water partition coefficient (Wildman–Crippen LogP) is 3.32. The van der Waals surface area contributed by atoms with E-state index >= 15 is 0 Å². The normalized spacial score (nSPS) is 14.1. The zero-order valence-corrected chi connectivity index (χ0v) is 16.4. The maximum Gasteiger partial charge on any atom is 0.330 e. The minimum absolute atomic E-state index is 0.156. The average Bonchev–Trinajstić information content (AvgIpc) is 2.74. The maximum atomic E-state index is 12.5. The number of para-hydroxylation sites is 2. The fraction of sp³-hybridized carbons (Fsp3) is 0.273. The lowest BCUT2D eigenvalue weighted by atomic mass is 10.2. The van der Waals surface area contributed by atoms with Crippen LogP contribution in [0.15, 0.2) is 54.6 Å². The Kier molecular flexibility index (Phi) is 6.73. The molecule has 0 unspecified atom stereocenters. The highest BCUT2D eigenvalue weighted by molar-refractivity contribution is 5.90. The minimum Gasteiger partial charge on any atom is -0.506 e. The van der Waals surface area contributed by atoms with Gasteiger partial charge in [0.25, 0.3) is 0 Å². The lowest BCUT2D eigenvalue weighted by molar-refractivity contribution is -0.137. The summed E-state index contributed by atoms with van der Waals surface area (Å²) in [7, 11) is 0. The smallest absolute Gasteiger partial charge is 0.330 e. The zero-order chi connectivity index (χ0) is 20.6. The number of phenols is 1. The summed E-state index contributed by atoms with van der Waals surface area (Å²) in [6.07, 6.45) is 3.04. The number of hydrogen-bond donors (Lipinski definition) is 2. The van der Waals surface area contributed by atoms with Crippen molar-refractivity contribution >= 4 is 29.5 Å². The molecule has 7 nitrogen and oxygen atoms in total. The zero-order valence-electron chi connectivity index (χ0n) is 16.4. The highest BCUT2D eigenvalue weighted by atomic mass is 16.5. The SMILES string of the molecule is CCOC(=O)C=Cc1ccc(NC(=O)N2CCN(c3ccccc3O)CC2)cc1. The van der Waals surface area contributed by atoms with E-state index in [4.69, 9.17) is 4.74 Å². The number of hydrogen-bond acceptors (Lipinski definition) is 5. The summed E-state index contributed by atoms with van der Waals surface area (Å²) in [4.78, 5) is 27.7. The second-order valence-electron chi connectivity index (χ2n) is 6.60. The van der Waals surface area contributed by atoms with Gasteiger partial charge >= 0.3 is 12.0 Å². The molecule has 0 atom stereocenters. The first kappa shape index (κ1) is 20.3. The van der Waals surface area contributed by atoms with Crippen LogP contribution in [-0.2, 0) is 9.53 Å². The monoisotopic (exact) mass is 395 g/mol. The Bertz CT molecular complexity index is 872. The molecule has 152 valence electrons. The van der Waals surface area contributed by atoms with Crippen molar-refractivity contribution in [3.05, 3.63) is 60.2 Å². The summed E-state index contributed by atoms with van der Waals surface area (Å²) in [5.74, 6) is -0.129. The molecule has 1 heterocycles. The third-order valence-electron chi connectivity index (χ3n) is 4.65. The van der Waals surface area contributed by atoms with Gasteiger partial charge in [0.2, 0.25) is 0 Å². The topological polar surface area (TPSA) is 82.1 Å². The predicted molar refractivity (Wildman–Crippen MR) is 113 cm³/mol. The number of benzene rings is 2. The fourth-order valence-corrected chi connectivity index (χ4v) is 3.12. The van der Waals surface area contributed by atoms with Crippen LogP contribution >= 0.6 is 0 Å². The number of anilines is 2. The molecule has 1 fully saturated rings. The van der Waals surface area contributed by atoms with Gasteiger partial charge in [-0.2, -0.15) is 0 Å². The number of urea groups is 1. The molecule has 0 radical (unpaired) electrons. The molecule has 1 aliphatic rings. The van der Waals surface area contributed by atoms with Gasteiger partial charge < -0.3 is 25.0 Å². The molecule has 7 heteroatoms. The maximum absolute atomic E-state index is 12.5. The highest BCUT2D eigenvalue weighted by Gasteiger charge is 2.22. The molecule has 2 N–H and O–H groups in total. The van der Waals surface area contributed by atoms with Gasteiger partial charge in [0.05, 0.1) is 12.3 Å². The van der Waals surface area contributed by atoms with E-state index in [2.05, 4.69) is 10.2 Å². The molecule has 2 aromatic rings. The number of ether oxygens (including phenoxy) is 1. The van der Waals surface area contributed by atoms with Crippen molar-refractivity contribution in [1.29, 1.82) is 0 Å². The van der Waals surface area contributed by atoms with Crippen molar-refractivity contribution in [1.82, 2.24) is 4.90 Å². The standard InChI is InChI=1S/C22H25N3O4/c1-2-29-21(27)12-9-17-7-10-18(11-8-17)23-22(28)25-15-13-24(14-16-25)19-5-3-4-6-20(19)26/h3-12,26H,2,13-16H2,1H3,(H,23,28). The number of rotatable bonds is 5. The molecule has 3 rings (SSSR count). The fourth-order valence-electron chi connectivity index (χ4n) is 3.12. The second-order valence-corrected chi connectivity index (χ2v) is 6.60. The Labute approximate surface area is 170 Å². The molecular weight excluding hydrogens is 370 g/mol. The summed E-state index contributed by atoms with van der Waals surface area (Å²) in [5.41, 5.74) is 2.32. The molecule has 1 saturated heterocycles. The Hall–Kier alpha value is -3.48. The van der Waals surface area contributed by atoms with E-state index in [0.717, 1.165) is 11.3 Å². The first-order valence-corrected chi connectivity index (χ1v) is 9.60. The number of nitrogens with one attached hydrogen (secondary N) is 1. The largest absolute Gasteiger partial charge is 0.506 e. The van der Waals surface area contributed by atoms with Crippen LogP contribution in [0.3, 0.4) is 0 Å². The molecule has 0 spiro atoms. The van der Waals surface area contributed by atoms with Crippen molar-refractivity contribution in [2.75, 3.05) is 43.0 Å². The summed E-state index contributed by atoms with van der Waals surface area (Å²) in [6.45, 7) is 4.55. The number of piperazine rings is 1. The van der Waals surface area contributed by atoms with E-state index in [-0.39, 0.29) is 17.7 Å². The molecule has 0 aromatic heterocycles. The van der Waals surface area contributed by atoms with Crippen molar-refractivity contribution in [2.24, 2.45) is 0 Å². The van der Waals surface area contributed by atoms with Crippen molar-refractivity contribution in [2.45, 2.75) is 6.92 Å². The van der Waals surface area contributed by atoms with Crippen molar-refractivity contribution in [3.8, 4) is 5.75 Å². The van der Waals surface area contributed by atoms with E-state index in [1.807, 2.05) is 24.3 Å². The minimum atomic E-state index is -0.382. The van der Waals surface area contributed by atoms with E-state index < -0.39 is 0 Å². The second kappa shape index (κ2) is 9.64.